The summed E-state index contributed by atoms with van der Waals surface area (Å²) in [7, 11) is 0. The summed E-state index contributed by atoms with van der Waals surface area (Å²) < 4.78 is 21.2. The van der Waals surface area contributed by atoms with Gasteiger partial charge >= 0.3 is 5.69 Å². The van der Waals surface area contributed by atoms with Gasteiger partial charge in [-0.25, -0.2) is 23.3 Å². The van der Waals surface area contributed by atoms with Crippen molar-refractivity contribution in [2.45, 2.75) is 23.4 Å². The average Bonchev–Trinajstić information content (AvgIpc) is 3.06. The Labute approximate surface area is 180 Å². The number of carbonyl (C=O) groups excluding carboxylic acids is 1. The minimum absolute atomic E-state index is 0.266. The number of carbonyl (C=O) groups is 1. The fourth-order valence-electron chi connectivity index (χ4n) is 2.88. The number of ether oxygens (including phenoxy) is 1. The van der Waals surface area contributed by atoms with Crippen molar-refractivity contribution in [1.29, 1.82) is 0 Å². The second-order valence-corrected chi connectivity index (χ2v) is 7.49. The second kappa shape index (κ2) is 9.00. The third kappa shape index (κ3) is 4.75. The van der Waals surface area contributed by atoms with E-state index >= 15 is 0 Å². The van der Waals surface area contributed by atoms with E-state index in [9.17, 15) is 14.0 Å². The molecule has 0 fully saturated rings. The molecule has 2 aromatic heterocycles. The zero-order valence-corrected chi connectivity index (χ0v) is 17.3. The Balaban J connectivity index is 1.53. The highest BCUT2D eigenvalue weighted by Crippen LogP contribution is 2.28. The van der Waals surface area contributed by atoms with Gasteiger partial charge in [-0.05, 0) is 49.4 Å². The van der Waals surface area contributed by atoms with Gasteiger partial charge in [-0.1, -0.05) is 17.8 Å². The standard InChI is InChI=1S/C21H18FN5O3S/c1-2-30-16-8-6-15(7-9-16)24-18(28)13-27-21(29)26-11-10-23-20(19(26)25-27)31-17-5-3-4-14(22)12-17/h3-12H,2,13H2,1H3,(H,24,28). The highest BCUT2D eigenvalue weighted by molar-refractivity contribution is 7.99. The maximum Gasteiger partial charge on any atom is 0.350 e. The molecule has 0 spiro atoms. The Kier molecular flexibility index (Phi) is 5.99. The van der Waals surface area contributed by atoms with Crippen LogP contribution in [0.4, 0.5) is 10.1 Å². The first kappa shape index (κ1) is 20.6. The zero-order chi connectivity index (χ0) is 21.8. The molecule has 0 bridgehead atoms. The van der Waals surface area contributed by atoms with E-state index in [2.05, 4.69) is 15.4 Å². The third-order valence-electron chi connectivity index (χ3n) is 4.22. The monoisotopic (exact) mass is 439 g/mol. The van der Waals surface area contributed by atoms with Crippen molar-refractivity contribution in [3.8, 4) is 5.75 Å². The number of rotatable bonds is 7. The van der Waals surface area contributed by atoms with Gasteiger partial charge < -0.3 is 10.1 Å². The summed E-state index contributed by atoms with van der Waals surface area (Å²) in [6, 6.07) is 13.0. The van der Waals surface area contributed by atoms with Gasteiger partial charge in [0.2, 0.25) is 5.91 Å². The molecule has 2 aromatic carbocycles. The fraction of sp³-hybridized carbons (Fsp3) is 0.143. The van der Waals surface area contributed by atoms with Crippen molar-refractivity contribution >= 4 is 29.0 Å². The molecule has 8 nitrogen and oxygen atoms in total. The number of aromatic nitrogens is 4. The molecule has 0 aliphatic rings. The first-order chi connectivity index (χ1) is 15.0. The van der Waals surface area contributed by atoms with Crippen LogP contribution in [0.5, 0.6) is 5.75 Å². The lowest BCUT2D eigenvalue weighted by Gasteiger charge is -2.06. The van der Waals surface area contributed by atoms with Crippen molar-refractivity contribution in [3.63, 3.8) is 0 Å². The molecule has 31 heavy (non-hydrogen) atoms. The molecule has 1 amide bonds. The zero-order valence-electron chi connectivity index (χ0n) is 16.5. The van der Waals surface area contributed by atoms with E-state index in [1.165, 1.54) is 40.7 Å². The molecule has 0 radical (unpaired) electrons. The minimum Gasteiger partial charge on any atom is -0.494 e. The third-order valence-corrected chi connectivity index (χ3v) is 5.19. The Hall–Kier alpha value is -3.66. The van der Waals surface area contributed by atoms with Crippen LogP contribution >= 0.6 is 11.8 Å². The number of benzene rings is 2. The molecule has 158 valence electrons. The van der Waals surface area contributed by atoms with Gasteiger partial charge in [0.25, 0.3) is 0 Å². The lowest BCUT2D eigenvalue weighted by molar-refractivity contribution is -0.117. The van der Waals surface area contributed by atoms with Crippen LogP contribution in [0, 0.1) is 5.82 Å². The molecule has 0 unspecified atom stereocenters. The number of amides is 1. The van der Waals surface area contributed by atoms with Crippen LogP contribution in [0.1, 0.15) is 6.92 Å². The predicted octanol–water partition coefficient (Wildman–Crippen LogP) is 3.22. The van der Waals surface area contributed by atoms with Crippen molar-refractivity contribution in [3.05, 3.63) is 77.2 Å². The Morgan fingerprint density at radius 2 is 2.03 bits per heavy atom. The van der Waals surface area contributed by atoms with Gasteiger partial charge in [0.05, 0.1) is 6.61 Å². The van der Waals surface area contributed by atoms with Crippen LogP contribution in [0.25, 0.3) is 5.65 Å². The quantitative estimate of drug-likeness (QED) is 0.476. The summed E-state index contributed by atoms with van der Waals surface area (Å²) in [5.41, 5.74) is 0.394. The number of fused-ring (bicyclic) bond motifs is 1. The topological polar surface area (TPSA) is 90.5 Å². The molecule has 2 heterocycles. The summed E-state index contributed by atoms with van der Waals surface area (Å²) in [4.78, 5) is 30.0. The van der Waals surface area contributed by atoms with Crippen LogP contribution in [-0.4, -0.2) is 31.7 Å². The van der Waals surface area contributed by atoms with Crippen molar-refractivity contribution in [2.75, 3.05) is 11.9 Å². The molecular weight excluding hydrogens is 421 g/mol. The lowest BCUT2D eigenvalue weighted by Crippen LogP contribution is -2.28. The number of halogens is 1. The molecule has 0 aliphatic carbocycles. The first-order valence-electron chi connectivity index (χ1n) is 9.44. The summed E-state index contributed by atoms with van der Waals surface area (Å²) in [5.74, 6) is -0.0688. The van der Waals surface area contributed by atoms with E-state index in [0.717, 1.165) is 4.68 Å². The molecule has 0 saturated carbocycles. The van der Waals surface area contributed by atoms with Crippen molar-refractivity contribution in [1.82, 2.24) is 19.2 Å². The Bertz CT molecular complexity index is 1290. The predicted molar refractivity (Wildman–Crippen MR) is 114 cm³/mol. The van der Waals surface area contributed by atoms with Crippen LogP contribution in [0.15, 0.2) is 75.6 Å². The molecule has 0 aliphatic heterocycles. The molecular formula is C21H18FN5O3S. The number of anilines is 1. The van der Waals surface area contributed by atoms with E-state index in [1.54, 1.807) is 36.4 Å². The Morgan fingerprint density at radius 3 is 2.77 bits per heavy atom. The highest BCUT2D eigenvalue weighted by atomic mass is 32.2. The number of hydrogen-bond acceptors (Lipinski definition) is 6. The fourth-order valence-corrected chi connectivity index (χ4v) is 3.77. The lowest BCUT2D eigenvalue weighted by atomic mass is 10.3. The molecule has 4 rings (SSSR count). The van der Waals surface area contributed by atoms with Crippen LogP contribution < -0.4 is 15.7 Å². The van der Waals surface area contributed by atoms with Gasteiger partial charge in [0.1, 0.15) is 23.1 Å². The van der Waals surface area contributed by atoms with Gasteiger partial charge in [-0.15, -0.1) is 5.10 Å². The molecule has 4 aromatic rings. The summed E-state index contributed by atoms with van der Waals surface area (Å²) in [5, 5.41) is 7.41. The molecule has 0 saturated heterocycles. The van der Waals surface area contributed by atoms with Gasteiger partial charge in [0.15, 0.2) is 5.65 Å². The summed E-state index contributed by atoms with van der Waals surface area (Å²) >= 11 is 1.18. The van der Waals surface area contributed by atoms with Crippen molar-refractivity contribution in [2.24, 2.45) is 0 Å². The summed E-state index contributed by atoms with van der Waals surface area (Å²) in [6.07, 6.45) is 2.93. The van der Waals surface area contributed by atoms with Crippen molar-refractivity contribution < 1.29 is 13.9 Å². The highest BCUT2D eigenvalue weighted by Gasteiger charge is 2.15. The molecule has 0 atom stereocenters. The van der Waals surface area contributed by atoms with E-state index in [0.29, 0.717) is 28.0 Å². The maximum absolute atomic E-state index is 13.5. The number of nitrogens with one attached hydrogen (secondary N) is 1. The SMILES string of the molecule is CCOc1ccc(NC(=O)Cn2nc3c(Sc4cccc(F)c4)nccn3c2=O)cc1. The average molecular weight is 439 g/mol. The van der Waals surface area contributed by atoms with E-state index in [-0.39, 0.29) is 18.0 Å². The van der Waals surface area contributed by atoms with Gasteiger partial charge in [0, 0.05) is 23.0 Å². The van der Waals surface area contributed by atoms with E-state index < -0.39 is 11.6 Å². The Morgan fingerprint density at radius 1 is 1.23 bits per heavy atom. The van der Waals surface area contributed by atoms with Gasteiger partial charge in [-0.2, -0.15) is 0 Å². The van der Waals surface area contributed by atoms with Crippen LogP contribution in [0.2, 0.25) is 0 Å². The van der Waals surface area contributed by atoms with E-state index in [1.807, 2.05) is 6.92 Å². The number of hydrogen-bond donors (Lipinski definition) is 1. The maximum atomic E-state index is 13.5. The van der Waals surface area contributed by atoms with E-state index in [4.69, 9.17) is 4.74 Å². The first-order valence-corrected chi connectivity index (χ1v) is 10.3. The van der Waals surface area contributed by atoms with Crippen LogP contribution in [0.3, 0.4) is 0 Å². The minimum atomic E-state index is -0.472. The number of nitrogens with zero attached hydrogens (tertiary/aromatic N) is 4. The smallest absolute Gasteiger partial charge is 0.350 e. The normalized spacial score (nSPS) is 10.9. The molecule has 10 heteroatoms. The second-order valence-electron chi connectivity index (χ2n) is 6.43. The largest absolute Gasteiger partial charge is 0.494 e. The summed E-state index contributed by atoms with van der Waals surface area (Å²) in [6.45, 7) is 2.18. The van der Waals surface area contributed by atoms with Gasteiger partial charge in [-0.3, -0.25) is 4.79 Å². The van der Waals surface area contributed by atoms with Crippen LogP contribution in [-0.2, 0) is 11.3 Å². The molecule has 1 N–H and O–H groups in total.